The van der Waals surface area contributed by atoms with Gasteiger partial charge in [0.1, 0.15) is 0 Å². The molecule has 1 heteroatoms. The van der Waals surface area contributed by atoms with Gasteiger partial charge < -0.3 is 4.90 Å². The first-order valence-electron chi connectivity index (χ1n) is 6.29. The van der Waals surface area contributed by atoms with Gasteiger partial charge in [-0.1, -0.05) is 20.8 Å². The van der Waals surface area contributed by atoms with E-state index in [2.05, 4.69) is 25.7 Å². The van der Waals surface area contributed by atoms with E-state index in [-0.39, 0.29) is 0 Å². The Morgan fingerprint density at radius 2 is 1.57 bits per heavy atom. The normalized spacial score (nSPS) is 26.8. The smallest absolute Gasteiger partial charge is 0.00964 e. The van der Waals surface area contributed by atoms with Crippen LogP contribution in [0.2, 0.25) is 0 Å². The van der Waals surface area contributed by atoms with E-state index in [9.17, 15) is 0 Å². The summed E-state index contributed by atoms with van der Waals surface area (Å²) in [4.78, 5) is 2.72. The maximum Gasteiger partial charge on any atom is 0.00964 e. The van der Waals surface area contributed by atoms with Crippen LogP contribution >= 0.6 is 0 Å². The molecule has 2 aliphatic rings. The van der Waals surface area contributed by atoms with Gasteiger partial charge in [-0.25, -0.2) is 0 Å². The Hall–Kier alpha value is -0.0400. The molecule has 1 saturated heterocycles. The van der Waals surface area contributed by atoms with E-state index in [0.717, 1.165) is 12.0 Å². The molecular formula is C13H25N. The van der Waals surface area contributed by atoms with Crippen molar-refractivity contribution in [1.82, 2.24) is 4.90 Å². The zero-order valence-electron chi connectivity index (χ0n) is 10.1. The predicted molar refractivity (Wildman–Crippen MR) is 61.4 cm³/mol. The van der Waals surface area contributed by atoms with E-state index in [1.807, 2.05) is 0 Å². The van der Waals surface area contributed by atoms with Crippen LogP contribution < -0.4 is 0 Å². The standard InChI is InChI=1S/C13H25N/c1-13(2,3)10-11-6-8-14(9-7-11)12-4-5-12/h11-12H,4-10H2,1-3H3. The van der Waals surface area contributed by atoms with Gasteiger partial charge in [0.25, 0.3) is 0 Å². The first-order valence-corrected chi connectivity index (χ1v) is 6.29. The van der Waals surface area contributed by atoms with Gasteiger partial charge in [0.2, 0.25) is 0 Å². The van der Waals surface area contributed by atoms with E-state index < -0.39 is 0 Å². The van der Waals surface area contributed by atoms with Crippen LogP contribution in [-0.2, 0) is 0 Å². The molecule has 0 bridgehead atoms. The summed E-state index contributed by atoms with van der Waals surface area (Å²) in [7, 11) is 0. The highest BCUT2D eigenvalue weighted by molar-refractivity contribution is 4.87. The summed E-state index contributed by atoms with van der Waals surface area (Å²) in [6.07, 6.45) is 7.28. The lowest BCUT2D eigenvalue weighted by Crippen LogP contribution is -2.36. The van der Waals surface area contributed by atoms with Crippen LogP contribution in [0.3, 0.4) is 0 Å². The fourth-order valence-electron chi connectivity index (χ4n) is 2.83. The van der Waals surface area contributed by atoms with Gasteiger partial charge in [-0.15, -0.1) is 0 Å². The van der Waals surface area contributed by atoms with Crippen molar-refractivity contribution in [2.75, 3.05) is 13.1 Å². The zero-order valence-corrected chi connectivity index (χ0v) is 10.1. The van der Waals surface area contributed by atoms with Crippen LogP contribution in [0, 0.1) is 11.3 Å². The molecular weight excluding hydrogens is 170 g/mol. The molecule has 1 saturated carbocycles. The van der Waals surface area contributed by atoms with E-state index in [1.165, 1.54) is 45.2 Å². The number of likely N-dealkylation sites (tertiary alicyclic amines) is 1. The van der Waals surface area contributed by atoms with Crippen molar-refractivity contribution in [3.05, 3.63) is 0 Å². The number of rotatable bonds is 2. The fourth-order valence-corrected chi connectivity index (χ4v) is 2.83. The predicted octanol–water partition coefficient (Wildman–Crippen LogP) is 3.30. The maximum atomic E-state index is 2.72. The molecule has 82 valence electrons. The van der Waals surface area contributed by atoms with E-state index in [4.69, 9.17) is 0 Å². The highest BCUT2D eigenvalue weighted by Crippen LogP contribution is 2.35. The van der Waals surface area contributed by atoms with Crippen LogP contribution in [-0.4, -0.2) is 24.0 Å². The van der Waals surface area contributed by atoms with Crippen molar-refractivity contribution < 1.29 is 0 Å². The Kier molecular flexibility index (Phi) is 2.88. The average Bonchev–Trinajstić information content (AvgIpc) is 2.85. The van der Waals surface area contributed by atoms with Crippen molar-refractivity contribution in [2.24, 2.45) is 11.3 Å². The first-order chi connectivity index (χ1) is 6.54. The Labute approximate surface area is 88.9 Å². The third-order valence-electron chi connectivity index (χ3n) is 3.61. The van der Waals surface area contributed by atoms with Crippen molar-refractivity contribution in [1.29, 1.82) is 0 Å². The zero-order chi connectivity index (χ0) is 10.2. The van der Waals surface area contributed by atoms with E-state index in [1.54, 1.807) is 0 Å². The molecule has 1 aliphatic carbocycles. The van der Waals surface area contributed by atoms with Crippen LogP contribution in [0.1, 0.15) is 52.9 Å². The fraction of sp³-hybridized carbons (Fsp3) is 1.00. The molecule has 2 fully saturated rings. The number of hydrogen-bond donors (Lipinski definition) is 0. The Bertz CT molecular complexity index is 180. The molecule has 0 aromatic carbocycles. The highest BCUT2D eigenvalue weighted by atomic mass is 15.2. The highest BCUT2D eigenvalue weighted by Gasteiger charge is 2.32. The second kappa shape index (κ2) is 3.84. The lowest BCUT2D eigenvalue weighted by molar-refractivity contribution is 0.146. The summed E-state index contributed by atoms with van der Waals surface area (Å²) in [5.74, 6) is 1.00. The summed E-state index contributed by atoms with van der Waals surface area (Å²) < 4.78 is 0. The molecule has 0 spiro atoms. The Morgan fingerprint density at radius 3 is 2.00 bits per heavy atom. The minimum Gasteiger partial charge on any atom is -0.300 e. The van der Waals surface area contributed by atoms with Gasteiger partial charge in [-0.05, 0) is 56.5 Å². The van der Waals surface area contributed by atoms with Crippen LogP contribution in [0.25, 0.3) is 0 Å². The van der Waals surface area contributed by atoms with Gasteiger partial charge in [0, 0.05) is 6.04 Å². The SMILES string of the molecule is CC(C)(C)CC1CCN(C2CC2)CC1. The Morgan fingerprint density at radius 1 is 1.00 bits per heavy atom. The molecule has 0 aromatic rings. The minimum atomic E-state index is 0.534. The van der Waals surface area contributed by atoms with Crippen LogP contribution in [0.5, 0.6) is 0 Å². The molecule has 2 rings (SSSR count). The molecule has 0 aromatic heterocycles. The quantitative estimate of drug-likeness (QED) is 0.653. The molecule has 1 nitrogen and oxygen atoms in total. The van der Waals surface area contributed by atoms with Gasteiger partial charge in [-0.3, -0.25) is 0 Å². The summed E-state index contributed by atoms with van der Waals surface area (Å²) in [5, 5.41) is 0. The molecule has 0 N–H and O–H groups in total. The van der Waals surface area contributed by atoms with Gasteiger partial charge >= 0.3 is 0 Å². The second-order valence-electron chi connectivity index (χ2n) is 6.48. The maximum absolute atomic E-state index is 2.72. The largest absolute Gasteiger partial charge is 0.300 e. The van der Waals surface area contributed by atoms with Crippen LogP contribution in [0.15, 0.2) is 0 Å². The third kappa shape index (κ3) is 2.98. The molecule has 0 atom stereocenters. The van der Waals surface area contributed by atoms with Crippen LogP contribution in [0.4, 0.5) is 0 Å². The van der Waals surface area contributed by atoms with Crippen molar-refractivity contribution in [3.63, 3.8) is 0 Å². The number of hydrogen-bond acceptors (Lipinski definition) is 1. The molecule has 1 heterocycles. The number of piperidine rings is 1. The molecule has 0 radical (unpaired) electrons. The number of nitrogens with zero attached hydrogens (tertiary/aromatic N) is 1. The van der Waals surface area contributed by atoms with Crippen molar-refractivity contribution >= 4 is 0 Å². The lowest BCUT2D eigenvalue weighted by Gasteiger charge is -2.35. The lowest BCUT2D eigenvalue weighted by atomic mass is 9.80. The third-order valence-corrected chi connectivity index (χ3v) is 3.61. The monoisotopic (exact) mass is 195 g/mol. The minimum absolute atomic E-state index is 0.534. The molecule has 0 amide bonds. The second-order valence-corrected chi connectivity index (χ2v) is 6.48. The van der Waals surface area contributed by atoms with Crippen molar-refractivity contribution in [2.45, 2.75) is 58.9 Å². The van der Waals surface area contributed by atoms with Gasteiger partial charge in [0.15, 0.2) is 0 Å². The van der Waals surface area contributed by atoms with E-state index >= 15 is 0 Å². The Balaban J connectivity index is 1.72. The first kappa shape index (κ1) is 10.5. The van der Waals surface area contributed by atoms with Gasteiger partial charge in [-0.2, -0.15) is 0 Å². The van der Waals surface area contributed by atoms with Gasteiger partial charge in [0.05, 0.1) is 0 Å². The summed E-state index contributed by atoms with van der Waals surface area (Å²) in [6.45, 7) is 9.89. The topological polar surface area (TPSA) is 3.24 Å². The summed E-state index contributed by atoms with van der Waals surface area (Å²) in [6, 6.07) is 0.991. The van der Waals surface area contributed by atoms with E-state index in [0.29, 0.717) is 5.41 Å². The summed E-state index contributed by atoms with van der Waals surface area (Å²) >= 11 is 0. The average molecular weight is 195 g/mol. The summed E-state index contributed by atoms with van der Waals surface area (Å²) in [5.41, 5.74) is 0.534. The molecule has 1 aliphatic heterocycles. The molecule has 14 heavy (non-hydrogen) atoms. The van der Waals surface area contributed by atoms with Crippen molar-refractivity contribution in [3.8, 4) is 0 Å². The molecule has 0 unspecified atom stereocenters.